The first kappa shape index (κ1) is 13.1. The second-order valence-electron chi connectivity index (χ2n) is 6.13. The van der Waals surface area contributed by atoms with Gasteiger partial charge in [0.2, 0.25) is 0 Å². The van der Waals surface area contributed by atoms with Crippen LogP contribution in [0.5, 0.6) is 0 Å². The SMILES string of the molecule is Cc1ccc(C2(C)CCc3c2nc(C)[nH]c3=O)c(C)c1. The van der Waals surface area contributed by atoms with E-state index in [0.717, 1.165) is 24.1 Å². The first-order valence-corrected chi connectivity index (χ1v) is 7.10. The summed E-state index contributed by atoms with van der Waals surface area (Å²) in [6.07, 6.45) is 1.76. The monoisotopic (exact) mass is 268 g/mol. The zero-order chi connectivity index (χ0) is 14.5. The Morgan fingerprint density at radius 1 is 1.25 bits per heavy atom. The Kier molecular flexibility index (Phi) is 2.82. The van der Waals surface area contributed by atoms with Crippen molar-refractivity contribution in [2.24, 2.45) is 0 Å². The summed E-state index contributed by atoms with van der Waals surface area (Å²) in [5.41, 5.74) is 5.54. The lowest BCUT2D eigenvalue weighted by molar-refractivity contribution is 0.547. The minimum Gasteiger partial charge on any atom is -0.311 e. The molecule has 2 aromatic rings. The molecule has 1 heterocycles. The van der Waals surface area contributed by atoms with Crippen molar-refractivity contribution in [1.82, 2.24) is 9.97 Å². The maximum absolute atomic E-state index is 12.1. The van der Waals surface area contributed by atoms with E-state index in [4.69, 9.17) is 0 Å². The van der Waals surface area contributed by atoms with E-state index >= 15 is 0 Å². The molecule has 0 radical (unpaired) electrons. The minimum atomic E-state index is -0.147. The topological polar surface area (TPSA) is 45.8 Å². The normalized spacial score (nSPS) is 21.0. The fourth-order valence-corrected chi connectivity index (χ4v) is 3.49. The summed E-state index contributed by atoms with van der Waals surface area (Å²) in [7, 11) is 0. The fraction of sp³-hybridized carbons (Fsp3) is 0.412. The Hall–Kier alpha value is -1.90. The fourth-order valence-electron chi connectivity index (χ4n) is 3.49. The quantitative estimate of drug-likeness (QED) is 0.864. The maximum atomic E-state index is 12.1. The van der Waals surface area contributed by atoms with E-state index in [2.05, 4.69) is 48.9 Å². The van der Waals surface area contributed by atoms with Gasteiger partial charge in [-0.3, -0.25) is 4.79 Å². The molecule has 1 aromatic carbocycles. The Morgan fingerprint density at radius 2 is 2.00 bits per heavy atom. The van der Waals surface area contributed by atoms with Gasteiger partial charge in [-0.2, -0.15) is 0 Å². The van der Waals surface area contributed by atoms with Gasteiger partial charge in [0.05, 0.1) is 5.69 Å². The van der Waals surface area contributed by atoms with Crippen molar-refractivity contribution in [2.75, 3.05) is 0 Å². The molecule has 3 heteroatoms. The summed E-state index contributed by atoms with van der Waals surface area (Å²) in [5.74, 6) is 0.701. The summed E-state index contributed by atoms with van der Waals surface area (Å²) < 4.78 is 0. The van der Waals surface area contributed by atoms with Crippen LogP contribution < -0.4 is 5.56 Å². The predicted octanol–water partition coefficient (Wildman–Crippen LogP) is 2.95. The molecule has 1 aromatic heterocycles. The highest BCUT2D eigenvalue weighted by atomic mass is 16.1. The van der Waals surface area contributed by atoms with E-state index in [1.165, 1.54) is 16.7 Å². The van der Waals surface area contributed by atoms with Crippen molar-refractivity contribution < 1.29 is 0 Å². The standard InChI is InChI=1S/C17H20N2O/c1-10-5-6-14(11(2)9-10)17(4)8-7-13-15(17)18-12(3)19-16(13)20/h5-6,9H,7-8H2,1-4H3,(H,18,19,20). The number of hydrogen-bond acceptors (Lipinski definition) is 2. The smallest absolute Gasteiger partial charge is 0.254 e. The zero-order valence-corrected chi connectivity index (χ0v) is 12.5. The molecular weight excluding hydrogens is 248 g/mol. The molecular formula is C17H20N2O. The molecule has 0 spiro atoms. The first-order chi connectivity index (χ1) is 9.41. The van der Waals surface area contributed by atoms with Crippen LogP contribution in [0.25, 0.3) is 0 Å². The Labute approximate surface area is 119 Å². The van der Waals surface area contributed by atoms with Crippen molar-refractivity contribution in [2.45, 2.75) is 46.0 Å². The summed E-state index contributed by atoms with van der Waals surface area (Å²) in [4.78, 5) is 19.6. The molecule has 1 aliphatic rings. The number of H-pyrrole nitrogens is 1. The van der Waals surface area contributed by atoms with Crippen LogP contribution in [0.3, 0.4) is 0 Å². The second kappa shape index (κ2) is 4.30. The van der Waals surface area contributed by atoms with E-state index in [1.807, 2.05) is 6.92 Å². The molecule has 0 aliphatic heterocycles. The second-order valence-corrected chi connectivity index (χ2v) is 6.13. The number of aromatic amines is 1. The Morgan fingerprint density at radius 3 is 2.70 bits per heavy atom. The third-order valence-electron chi connectivity index (χ3n) is 4.51. The highest BCUT2D eigenvalue weighted by Gasteiger charge is 2.39. The third kappa shape index (κ3) is 1.80. The van der Waals surface area contributed by atoms with Gasteiger partial charge in [0.15, 0.2) is 0 Å². The van der Waals surface area contributed by atoms with E-state index in [-0.39, 0.29) is 11.0 Å². The van der Waals surface area contributed by atoms with E-state index in [0.29, 0.717) is 5.82 Å². The zero-order valence-electron chi connectivity index (χ0n) is 12.5. The molecule has 0 saturated heterocycles. The molecule has 1 aliphatic carbocycles. The number of hydrogen-bond donors (Lipinski definition) is 1. The molecule has 1 atom stereocenters. The molecule has 0 bridgehead atoms. The van der Waals surface area contributed by atoms with Gasteiger partial charge in [0, 0.05) is 11.0 Å². The lowest BCUT2D eigenvalue weighted by atomic mass is 9.77. The highest BCUT2D eigenvalue weighted by Crippen LogP contribution is 2.42. The van der Waals surface area contributed by atoms with Crippen LogP contribution in [0.4, 0.5) is 0 Å². The minimum absolute atomic E-state index is 0.0287. The molecule has 1 N–H and O–H groups in total. The van der Waals surface area contributed by atoms with E-state index in [9.17, 15) is 4.79 Å². The van der Waals surface area contributed by atoms with Crippen molar-refractivity contribution in [3.8, 4) is 0 Å². The number of nitrogens with zero attached hydrogens (tertiary/aromatic N) is 1. The van der Waals surface area contributed by atoms with Gasteiger partial charge >= 0.3 is 0 Å². The first-order valence-electron chi connectivity index (χ1n) is 7.10. The number of aromatic nitrogens is 2. The van der Waals surface area contributed by atoms with Crippen LogP contribution in [0, 0.1) is 20.8 Å². The van der Waals surface area contributed by atoms with Gasteiger partial charge in [-0.25, -0.2) is 4.98 Å². The molecule has 0 fully saturated rings. The summed E-state index contributed by atoms with van der Waals surface area (Å²) in [6, 6.07) is 6.54. The van der Waals surface area contributed by atoms with Crippen LogP contribution in [0.15, 0.2) is 23.0 Å². The lowest BCUT2D eigenvalue weighted by Crippen LogP contribution is -2.25. The van der Waals surface area contributed by atoms with Crippen molar-refractivity contribution in [1.29, 1.82) is 0 Å². The lowest BCUT2D eigenvalue weighted by Gasteiger charge is -2.27. The molecule has 1 unspecified atom stereocenters. The predicted molar refractivity (Wildman–Crippen MR) is 80.3 cm³/mol. The molecule has 20 heavy (non-hydrogen) atoms. The van der Waals surface area contributed by atoms with Gasteiger partial charge < -0.3 is 4.98 Å². The van der Waals surface area contributed by atoms with E-state index in [1.54, 1.807) is 0 Å². The Bertz CT molecular complexity index is 745. The molecule has 3 nitrogen and oxygen atoms in total. The number of aryl methyl sites for hydroxylation is 3. The molecule has 104 valence electrons. The largest absolute Gasteiger partial charge is 0.311 e. The summed E-state index contributed by atoms with van der Waals surface area (Å²) in [5, 5.41) is 0. The molecule has 3 rings (SSSR count). The Balaban J connectivity index is 2.24. The van der Waals surface area contributed by atoms with Crippen LogP contribution in [-0.4, -0.2) is 9.97 Å². The van der Waals surface area contributed by atoms with Crippen LogP contribution in [-0.2, 0) is 11.8 Å². The maximum Gasteiger partial charge on any atom is 0.254 e. The summed E-state index contributed by atoms with van der Waals surface area (Å²) >= 11 is 0. The van der Waals surface area contributed by atoms with Gasteiger partial charge in [-0.1, -0.05) is 23.8 Å². The highest BCUT2D eigenvalue weighted by molar-refractivity contribution is 5.46. The number of benzene rings is 1. The van der Waals surface area contributed by atoms with E-state index < -0.39 is 0 Å². The number of fused-ring (bicyclic) bond motifs is 1. The number of rotatable bonds is 1. The van der Waals surface area contributed by atoms with Crippen molar-refractivity contribution in [3.05, 3.63) is 62.3 Å². The average molecular weight is 268 g/mol. The van der Waals surface area contributed by atoms with Crippen LogP contribution in [0.2, 0.25) is 0 Å². The van der Waals surface area contributed by atoms with Gasteiger partial charge in [0.1, 0.15) is 5.82 Å². The van der Waals surface area contributed by atoms with Crippen LogP contribution in [0.1, 0.15) is 47.1 Å². The van der Waals surface area contributed by atoms with Gasteiger partial charge in [-0.15, -0.1) is 0 Å². The average Bonchev–Trinajstić information content (AvgIpc) is 2.68. The van der Waals surface area contributed by atoms with Crippen molar-refractivity contribution >= 4 is 0 Å². The van der Waals surface area contributed by atoms with Gasteiger partial charge in [-0.05, 0) is 51.7 Å². The van der Waals surface area contributed by atoms with Crippen molar-refractivity contribution in [3.63, 3.8) is 0 Å². The molecule has 0 amide bonds. The summed E-state index contributed by atoms with van der Waals surface area (Å²) in [6.45, 7) is 8.31. The van der Waals surface area contributed by atoms with Gasteiger partial charge in [0.25, 0.3) is 5.56 Å². The number of nitrogens with one attached hydrogen (secondary N) is 1. The third-order valence-corrected chi connectivity index (χ3v) is 4.51. The van der Waals surface area contributed by atoms with Crippen LogP contribution >= 0.6 is 0 Å². The molecule has 0 saturated carbocycles.